The molecule has 0 saturated heterocycles. The maximum atomic E-state index is 12.2. The highest BCUT2D eigenvalue weighted by Crippen LogP contribution is 2.48. The van der Waals surface area contributed by atoms with E-state index in [9.17, 15) is 8.42 Å². The maximum Gasteiger partial charge on any atom is 0.277 e. The Bertz CT molecular complexity index is 389. The molecule has 1 saturated carbocycles. The lowest BCUT2D eigenvalue weighted by molar-refractivity contribution is 0.134. The van der Waals surface area contributed by atoms with Gasteiger partial charge in [-0.2, -0.15) is 8.42 Å². The summed E-state index contributed by atoms with van der Waals surface area (Å²) in [5.41, 5.74) is -0.637. The first kappa shape index (κ1) is 11.1. The van der Waals surface area contributed by atoms with E-state index in [1.807, 2.05) is 12.2 Å². The summed E-state index contributed by atoms with van der Waals surface area (Å²) in [5.74, 6) is 0.448. The molecule has 0 aromatic carbocycles. The van der Waals surface area contributed by atoms with Crippen molar-refractivity contribution in [3.8, 4) is 0 Å². The van der Waals surface area contributed by atoms with Crippen LogP contribution in [0.4, 0.5) is 0 Å². The summed E-state index contributed by atoms with van der Waals surface area (Å²) in [4.78, 5) is 0. The number of hydrogen-bond acceptors (Lipinski definition) is 3. The molecule has 4 heteroatoms. The Kier molecular flexibility index (Phi) is 2.29. The quantitative estimate of drug-likeness (QED) is 0.540. The molecule has 86 valence electrons. The van der Waals surface area contributed by atoms with E-state index >= 15 is 0 Å². The Labute approximate surface area is 91.6 Å². The highest BCUT2D eigenvalue weighted by molar-refractivity contribution is 7.88. The number of rotatable bonds is 2. The predicted octanol–water partition coefficient (Wildman–Crippen LogP) is 2.24. The van der Waals surface area contributed by atoms with Crippen molar-refractivity contribution in [2.75, 3.05) is 0 Å². The minimum atomic E-state index is -3.47. The summed E-state index contributed by atoms with van der Waals surface area (Å²) in [6.45, 7) is 5.31. The van der Waals surface area contributed by atoms with Crippen molar-refractivity contribution in [3.63, 3.8) is 0 Å². The van der Waals surface area contributed by atoms with Crippen molar-refractivity contribution < 1.29 is 12.6 Å². The first-order valence-electron chi connectivity index (χ1n) is 5.39. The van der Waals surface area contributed by atoms with E-state index in [2.05, 4.69) is 0 Å². The van der Waals surface area contributed by atoms with Gasteiger partial charge in [0, 0.05) is 0 Å². The van der Waals surface area contributed by atoms with Crippen LogP contribution in [-0.2, 0) is 14.3 Å². The molecule has 2 rings (SSSR count). The molecular formula is C11H18O3S. The zero-order valence-corrected chi connectivity index (χ0v) is 10.3. The Hall–Kier alpha value is -0.350. The molecule has 3 nitrogen and oxygen atoms in total. The smallest absolute Gasteiger partial charge is 0.264 e. The highest BCUT2D eigenvalue weighted by atomic mass is 32.2. The highest BCUT2D eigenvalue weighted by Gasteiger charge is 2.52. The van der Waals surface area contributed by atoms with Crippen LogP contribution in [0.1, 0.15) is 40.0 Å². The van der Waals surface area contributed by atoms with Gasteiger partial charge in [0.2, 0.25) is 0 Å². The Morgan fingerprint density at radius 2 is 2.07 bits per heavy atom. The molecule has 0 aromatic heterocycles. The summed E-state index contributed by atoms with van der Waals surface area (Å²) in [5, 5.41) is 0. The lowest BCUT2D eigenvalue weighted by Gasteiger charge is -2.28. The van der Waals surface area contributed by atoms with Crippen molar-refractivity contribution >= 4 is 10.1 Å². The molecule has 2 atom stereocenters. The van der Waals surface area contributed by atoms with E-state index in [0.717, 1.165) is 6.42 Å². The van der Waals surface area contributed by atoms with Gasteiger partial charge < -0.3 is 0 Å². The molecule has 2 unspecified atom stereocenters. The number of allylic oxidation sites excluding steroid dienone is 1. The van der Waals surface area contributed by atoms with E-state index in [1.54, 1.807) is 20.8 Å². The van der Waals surface area contributed by atoms with Gasteiger partial charge in [-0.25, -0.2) is 0 Å². The van der Waals surface area contributed by atoms with Crippen molar-refractivity contribution in [2.24, 2.45) is 5.92 Å². The molecule has 0 radical (unpaired) electrons. The van der Waals surface area contributed by atoms with Crippen LogP contribution in [-0.4, -0.2) is 18.8 Å². The molecule has 1 fully saturated rings. The molecule has 0 spiro atoms. The summed E-state index contributed by atoms with van der Waals surface area (Å²) in [6.07, 6.45) is 6.26. The van der Waals surface area contributed by atoms with Gasteiger partial charge >= 0.3 is 0 Å². The molecule has 0 heterocycles. The molecule has 0 N–H and O–H groups in total. The zero-order chi connectivity index (χ0) is 11.3. The van der Waals surface area contributed by atoms with Crippen LogP contribution in [0.2, 0.25) is 0 Å². The van der Waals surface area contributed by atoms with Crippen molar-refractivity contribution in [1.29, 1.82) is 0 Å². The van der Waals surface area contributed by atoms with Crippen LogP contribution in [0.25, 0.3) is 0 Å². The van der Waals surface area contributed by atoms with Gasteiger partial charge in [-0.15, -0.1) is 0 Å². The first-order valence-corrected chi connectivity index (χ1v) is 6.80. The average molecular weight is 230 g/mol. The Balaban J connectivity index is 2.27. The molecule has 2 bridgehead atoms. The molecule has 15 heavy (non-hydrogen) atoms. The Morgan fingerprint density at radius 3 is 2.40 bits per heavy atom. The average Bonchev–Trinajstić information content (AvgIpc) is 2.58. The van der Waals surface area contributed by atoms with Crippen molar-refractivity contribution in [1.82, 2.24) is 0 Å². The normalized spacial score (nSPS) is 35.0. The minimum Gasteiger partial charge on any atom is -0.264 e. The van der Waals surface area contributed by atoms with Crippen molar-refractivity contribution in [2.45, 2.75) is 50.4 Å². The van der Waals surface area contributed by atoms with Gasteiger partial charge in [0.25, 0.3) is 10.1 Å². The van der Waals surface area contributed by atoms with E-state index in [-0.39, 0.29) is 0 Å². The van der Waals surface area contributed by atoms with E-state index in [0.29, 0.717) is 18.8 Å². The van der Waals surface area contributed by atoms with Crippen molar-refractivity contribution in [3.05, 3.63) is 12.2 Å². The maximum absolute atomic E-state index is 12.2. The molecule has 2 aliphatic carbocycles. The van der Waals surface area contributed by atoms with Gasteiger partial charge in [0.1, 0.15) is 4.75 Å². The van der Waals surface area contributed by atoms with E-state index in [1.165, 1.54) is 0 Å². The molecular weight excluding hydrogens is 212 g/mol. The largest absolute Gasteiger partial charge is 0.277 e. The summed E-state index contributed by atoms with van der Waals surface area (Å²) in [7, 11) is -3.47. The SMILES string of the molecule is CC(C)(C)OS(=O)(=O)C12C=CC(CC1)C2. The molecule has 0 amide bonds. The lowest BCUT2D eigenvalue weighted by atomic mass is 10.1. The molecule has 0 aliphatic heterocycles. The molecule has 2 aliphatic rings. The Morgan fingerprint density at radius 1 is 1.40 bits per heavy atom. The fourth-order valence-electron chi connectivity index (χ4n) is 2.43. The summed E-state index contributed by atoms with van der Waals surface area (Å²) < 4.78 is 28.8. The lowest BCUT2D eigenvalue weighted by Crippen LogP contribution is -2.38. The second-order valence-corrected chi connectivity index (χ2v) is 7.46. The predicted molar refractivity (Wildman–Crippen MR) is 59.0 cm³/mol. The van der Waals surface area contributed by atoms with E-state index in [4.69, 9.17) is 4.18 Å². The summed E-state index contributed by atoms with van der Waals surface area (Å²) >= 11 is 0. The second-order valence-electron chi connectivity index (χ2n) is 5.58. The van der Waals surface area contributed by atoms with Gasteiger partial charge in [-0.05, 0) is 46.0 Å². The zero-order valence-electron chi connectivity index (χ0n) is 9.49. The minimum absolute atomic E-state index is 0.448. The van der Waals surface area contributed by atoms with Crippen LogP contribution in [0, 0.1) is 5.92 Å². The monoisotopic (exact) mass is 230 g/mol. The standard InChI is InChI=1S/C11H18O3S/c1-10(2,3)14-15(12,13)11-6-4-9(8-11)5-7-11/h4,6,9H,5,7-8H2,1-3H3. The van der Waals surface area contributed by atoms with Crippen LogP contribution in [0.15, 0.2) is 12.2 Å². The number of hydrogen-bond donors (Lipinski definition) is 0. The summed E-state index contributed by atoms with van der Waals surface area (Å²) in [6, 6.07) is 0. The van der Waals surface area contributed by atoms with Crippen LogP contribution in [0.3, 0.4) is 0 Å². The van der Waals surface area contributed by atoms with Gasteiger partial charge in [0.05, 0.1) is 5.60 Å². The van der Waals surface area contributed by atoms with E-state index < -0.39 is 20.5 Å². The van der Waals surface area contributed by atoms with Gasteiger partial charge in [-0.3, -0.25) is 4.18 Å². The number of fused-ring (bicyclic) bond motifs is 2. The van der Waals surface area contributed by atoms with Gasteiger partial charge in [-0.1, -0.05) is 12.2 Å². The fraction of sp³-hybridized carbons (Fsp3) is 0.818. The third-order valence-corrected chi connectivity index (χ3v) is 5.30. The van der Waals surface area contributed by atoms with Crippen LogP contribution < -0.4 is 0 Å². The first-order chi connectivity index (χ1) is 6.74. The molecule has 0 aromatic rings. The second kappa shape index (κ2) is 3.08. The van der Waals surface area contributed by atoms with Crippen LogP contribution >= 0.6 is 0 Å². The fourth-order valence-corrected chi connectivity index (χ4v) is 4.28. The third-order valence-electron chi connectivity index (χ3n) is 3.08. The topological polar surface area (TPSA) is 43.4 Å². The van der Waals surface area contributed by atoms with Gasteiger partial charge in [0.15, 0.2) is 0 Å². The van der Waals surface area contributed by atoms with Crippen LogP contribution in [0.5, 0.6) is 0 Å². The third kappa shape index (κ3) is 1.85.